The molecule has 0 bridgehead atoms. The first-order valence-corrected chi connectivity index (χ1v) is 9.82. The number of hydrogen-bond acceptors (Lipinski definition) is 4. The molecule has 2 fully saturated rings. The molecule has 1 saturated heterocycles. The van der Waals surface area contributed by atoms with Crippen LogP contribution >= 0.6 is 0 Å². The topological polar surface area (TPSA) is 61.2 Å². The van der Waals surface area contributed by atoms with E-state index in [0.29, 0.717) is 6.54 Å². The van der Waals surface area contributed by atoms with Crippen molar-refractivity contribution in [2.24, 2.45) is 0 Å². The number of nitrogens with one attached hydrogen (secondary N) is 2. The van der Waals surface area contributed by atoms with Crippen LogP contribution in [-0.2, 0) is 9.53 Å². The normalized spacial score (nSPS) is 29.5. The summed E-state index contributed by atoms with van der Waals surface area (Å²) in [5.41, 5.74) is 0.763. The lowest BCUT2D eigenvalue weighted by molar-refractivity contribution is -0.907. The van der Waals surface area contributed by atoms with E-state index in [1.54, 1.807) is 0 Å². The fraction of sp³-hybridized carbons (Fsp3) is 0.650. The van der Waals surface area contributed by atoms with Crippen LogP contribution in [0.15, 0.2) is 18.2 Å². The van der Waals surface area contributed by atoms with Gasteiger partial charge in [-0.25, -0.2) is 0 Å². The molecule has 142 valence electrons. The van der Waals surface area contributed by atoms with Gasteiger partial charge in [-0.1, -0.05) is 6.42 Å². The van der Waals surface area contributed by atoms with Crippen molar-refractivity contribution in [3.63, 3.8) is 0 Å². The number of amides is 1. The molecule has 4 rings (SSSR count). The summed E-state index contributed by atoms with van der Waals surface area (Å²) in [6, 6.07) is 5.68. The monoisotopic (exact) mass is 361 g/mol. The van der Waals surface area contributed by atoms with Crippen LogP contribution in [0, 0.1) is 0 Å². The molecule has 1 saturated carbocycles. The predicted molar refractivity (Wildman–Crippen MR) is 97.7 cm³/mol. The fourth-order valence-electron chi connectivity index (χ4n) is 4.43. The van der Waals surface area contributed by atoms with E-state index in [1.807, 2.05) is 18.2 Å². The van der Waals surface area contributed by atoms with E-state index in [2.05, 4.69) is 19.2 Å². The standard InChI is InChI=1S/C20H28N2O4/c1-14-11-22(12-15(2)24-14)13-19(23)21-16-6-7-17-18(10-16)26-20(25-17)8-4-3-5-9-20/h6-7,10,14-15H,3-5,8-9,11-13H2,1-2H3,(H,21,23)/p+1/t14-,15-/m1/s1. The van der Waals surface area contributed by atoms with Crippen LogP contribution in [0.1, 0.15) is 46.0 Å². The van der Waals surface area contributed by atoms with E-state index in [0.717, 1.165) is 56.0 Å². The largest absolute Gasteiger partial charge is 0.448 e. The molecular weight excluding hydrogens is 332 g/mol. The highest BCUT2D eigenvalue weighted by atomic mass is 16.7. The Labute approximate surface area is 154 Å². The number of carbonyl (C=O) groups excluding carboxylic acids is 1. The van der Waals surface area contributed by atoms with Crippen LogP contribution in [0.4, 0.5) is 5.69 Å². The van der Waals surface area contributed by atoms with E-state index in [4.69, 9.17) is 14.2 Å². The van der Waals surface area contributed by atoms with Crippen LogP contribution in [-0.4, -0.2) is 43.5 Å². The molecule has 1 spiro atoms. The quantitative estimate of drug-likeness (QED) is 0.861. The number of benzene rings is 1. The summed E-state index contributed by atoms with van der Waals surface area (Å²) in [5, 5.41) is 3.00. The van der Waals surface area contributed by atoms with Crippen LogP contribution in [0.2, 0.25) is 0 Å². The average Bonchev–Trinajstić information content (AvgIpc) is 2.91. The Morgan fingerprint density at radius 2 is 1.81 bits per heavy atom. The first-order valence-electron chi connectivity index (χ1n) is 9.82. The zero-order chi connectivity index (χ0) is 18.1. The number of carbonyl (C=O) groups is 1. The highest BCUT2D eigenvalue weighted by Gasteiger charge is 2.42. The SMILES string of the molecule is C[C@@H]1C[NH+](CC(=O)Nc2ccc3c(c2)OC2(CCCCC2)O3)C[C@@H](C)O1. The molecule has 0 aromatic heterocycles. The van der Waals surface area contributed by atoms with Crippen molar-refractivity contribution < 1.29 is 23.9 Å². The van der Waals surface area contributed by atoms with Crippen molar-refractivity contribution in [1.29, 1.82) is 0 Å². The molecule has 1 aromatic carbocycles. The van der Waals surface area contributed by atoms with Crippen LogP contribution in [0.5, 0.6) is 11.5 Å². The van der Waals surface area contributed by atoms with Crippen LogP contribution in [0.25, 0.3) is 0 Å². The van der Waals surface area contributed by atoms with Gasteiger partial charge in [0.05, 0.1) is 0 Å². The van der Waals surface area contributed by atoms with Gasteiger partial charge in [0.2, 0.25) is 0 Å². The Kier molecular flexibility index (Phi) is 4.80. The summed E-state index contributed by atoms with van der Waals surface area (Å²) >= 11 is 0. The van der Waals surface area contributed by atoms with Gasteiger partial charge in [-0.15, -0.1) is 0 Å². The van der Waals surface area contributed by atoms with Gasteiger partial charge >= 0.3 is 0 Å². The van der Waals surface area contributed by atoms with E-state index < -0.39 is 5.79 Å². The van der Waals surface area contributed by atoms with Gasteiger partial charge in [0.15, 0.2) is 18.0 Å². The Balaban J connectivity index is 1.36. The maximum atomic E-state index is 12.4. The van der Waals surface area contributed by atoms with Gasteiger partial charge in [0, 0.05) is 24.6 Å². The molecule has 1 amide bonds. The molecule has 3 aliphatic rings. The number of fused-ring (bicyclic) bond motifs is 1. The van der Waals surface area contributed by atoms with Crippen molar-refractivity contribution in [1.82, 2.24) is 0 Å². The molecule has 26 heavy (non-hydrogen) atoms. The zero-order valence-corrected chi connectivity index (χ0v) is 15.7. The van der Waals surface area contributed by atoms with Gasteiger partial charge in [0.1, 0.15) is 25.3 Å². The minimum Gasteiger partial charge on any atom is -0.448 e. The van der Waals surface area contributed by atoms with Gasteiger partial charge in [0.25, 0.3) is 11.7 Å². The number of morpholine rings is 1. The second-order valence-electron chi connectivity index (χ2n) is 7.98. The third kappa shape index (κ3) is 3.81. The zero-order valence-electron chi connectivity index (χ0n) is 15.7. The maximum absolute atomic E-state index is 12.4. The summed E-state index contributed by atoms with van der Waals surface area (Å²) < 4.78 is 18.0. The summed E-state index contributed by atoms with van der Waals surface area (Å²) in [6.45, 7) is 6.30. The van der Waals surface area contributed by atoms with E-state index in [-0.39, 0.29) is 18.1 Å². The van der Waals surface area contributed by atoms with Crippen molar-refractivity contribution in [3.05, 3.63) is 18.2 Å². The molecule has 2 atom stereocenters. The molecule has 2 aliphatic heterocycles. The van der Waals surface area contributed by atoms with Gasteiger partial charge in [-0.3, -0.25) is 4.79 Å². The van der Waals surface area contributed by atoms with E-state index in [1.165, 1.54) is 11.3 Å². The molecular formula is C20H29N2O4+. The molecule has 0 unspecified atom stereocenters. The second-order valence-corrected chi connectivity index (χ2v) is 7.98. The van der Waals surface area contributed by atoms with Crippen molar-refractivity contribution in [3.8, 4) is 11.5 Å². The Hall–Kier alpha value is -1.79. The average molecular weight is 361 g/mol. The van der Waals surface area contributed by atoms with Crippen molar-refractivity contribution in [2.75, 3.05) is 25.0 Å². The van der Waals surface area contributed by atoms with Gasteiger partial charge in [-0.2, -0.15) is 0 Å². The fourth-order valence-corrected chi connectivity index (χ4v) is 4.43. The third-order valence-electron chi connectivity index (χ3n) is 5.46. The highest BCUT2D eigenvalue weighted by Crippen LogP contribution is 2.46. The minimum atomic E-state index is -0.479. The summed E-state index contributed by atoms with van der Waals surface area (Å²) in [6.07, 6.45) is 5.76. The lowest BCUT2D eigenvalue weighted by Gasteiger charge is -2.31. The smallest absolute Gasteiger partial charge is 0.279 e. The van der Waals surface area contributed by atoms with Crippen LogP contribution in [0.3, 0.4) is 0 Å². The molecule has 6 nitrogen and oxygen atoms in total. The number of ether oxygens (including phenoxy) is 3. The third-order valence-corrected chi connectivity index (χ3v) is 5.46. The summed E-state index contributed by atoms with van der Waals surface area (Å²) in [7, 11) is 0. The lowest BCUT2D eigenvalue weighted by atomic mass is 9.94. The number of rotatable bonds is 3. The predicted octanol–water partition coefficient (Wildman–Crippen LogP) is 1.75. The number of anilines is 1. The highest BCUT2D eigenvalue weighted by molar-refractivity contribution is 5.91. The second kappa shape index (κ2) is 7.08. The molecule has 1 aliphatic carbocycles. The molecule has 2 N–H and O–H groups in total. The molecule has 6 heteroatoms. The summed E-state index contributed by atoms with van der Waals surface area (Å²) in [4.78, 5) is 13.7. The molecule has 2 heterocycles. The molecule has 1 aromatic rings. The van der Waals surface area contributed by atoms with Crippen molar-refractivity contribution >= 4 is 11.6 Å². The van der Waals surface area contributed by atoms with Crippen molar-refractivity contribution in [2.45, 2.75) is 63.9 Å². The molecule has 0 radical (unpaired) electrons. The number of hydrogen-bond donors (Lipinski definition) is 2. The first-order chi connectivity index (χ1) is 12.5. The summed E-state index contributed by atoms with van der Waals surface area (Å²) in [5.74, 6) is 1.07. The minimum absolute atomic E-state index is 0.0209. The lowest BCUT2D eigenvalue weighted by Crippen LogP contribution is -3.16. The van der Waals surface area contributed by atoms with Gasteiger partial charge in [-0.05, 0) is 38.8 Å². The Morgan fingerprint density at radius 3 is 2.54 bits per heavy atom. The Morgan fingerprint density at radius 1 is 1.12 bits per heavy atom. The maximum Gasteiger partial charge on any atom is 0.279 e. The first kappa shape index (κ1) is 17.6. The van der Waals surface area contributed by atoms with E-state index >= 15 is 0 Å². The van der Waals surface area contributed by atoms with Gasteiger partial charge < -0.3 is 24.4 Å². The Bertz CT molecular complexity index is 662. The van der Waals surface area contributed by atoms with Crippen LogP contribution < -0.4 is 19.7 Å². The number of quaternary nitrogens is 1. The van der Waals surface area contributed by atoms with E-state index in [9.17, 15) is 4.79 Å².